The monoisotopic (exact) mass is 302 g/mol. The molecular formula is C18H26N2O2. The molecule has 0 saturated carbocycles. The zero-order chi connectivity index (χ0) is 15.4. The molecule has 3 rings (SSSR count). The molecular weight excluding hydrogens is 276 g/mol. The number of carbonyl (C=O) groups excluding carboxylic acids is 1. The first-order chi connectivity index (χ1) is 10.8. The van der Waals surface area contributed by atoms with Crippen LogP contribution in [0.2, 0.25) is 0 Å². The average Bonchev–Trinajstić information content (AvgIpc) is 3.05. The molecule has 0 radical (unpaired) electrons. The maximum absolute atomic E-state index is 12.5. The van der Waals surface area contributed by atoms with E-state index in [2.05, 4.69) is 41.0 Å². The van der Waals surface area contributed by atoms with Crippen LogP contribution in [0.5, 0.6) is 0 Å². The third kappa shape index (κ3) is 3.43. The Morgan fingerprint density at radius 2 is 1.91 bits per heavy atom. The quantitative estimate of drug-likeness (QED) is 0.856. The van der Waals surface area contributed by atoms with Gasteiger partial charge in [-0.1, -0.05) is 19.1 Å². The number of likely N-dealkylation sites (tertiary alicyclic amines) is 1. The van der Waals surface area contributed by atoms with E-state index in [1.165, 1.54) is 5.69 Å². The summed E-state index contributed by atoms with van der Waals surface area (Å²) in [6.07, 6.45) is 3.92. The molecule has 0 bridgehead atoms. The van der Waals surface area contributed by atoms with Crippen molar-refractivity contribution < 1.29 is 9.53 Å². The molecule has 2 fully saturated rings. The lowest BCUT2D eigenvalue weighted by molar-refractivity contribution is -0.131. The number of rotatable bonds is 4. The molecule has 1 amide bonds. The second kappa shape index (κ2) is 7.14. The first-order valence-electron chi connectivity index (χ1n) is 8.49. The van der Waals surface area contributed by atoms with Crippen molar-refractivity contribution in [3.8, 4) is 0 Å². The molecule has 0 spiro atoms. The summed E-state index contributed by atoms with van der Waals surface area (Å²) < 4.78 is 5.38. The van der Waals surface area contributed by atoms with E-state index >= 15 is 0 Å². The van der Waals surface area contributed by atoms with E-state index in [0.717, 1.165) is 57.7 Å². The fraction of sp³-hybridized carbons (Fsp3) is 0.611. The van der Waals surface area contributed by atoms with Gasteiger partial charge in [0.25, 0.3) is 0 Å². The van der Waals surface area contributed by atoms with E-state index in [0.29, 0.717) is 12.5 Å². The van der Waals surface area contributed by atoms with Crippen molar-refractivity contribution >= 4 is 11.6 Å². The van der Waals surface area contributed by atoms with Gasteiger partial charge in [-0.25, -0.2) is 0 Å². The summed E-state index contributed by atoms with van der Waals surface area (Å²) in [6.45, 7) is 6.60. The summed E-state index contributed by atoms with van der Waals surface area (Å²) in [6, 6.07) is 8.92. The molecule has 1 aromatic carbocycles. The van der Waals surface area contributed by atoms with Crippen LogP contribution in [0.4, 0.5) is 5.69 Å². The molecule has 0 aromatic heterocycles. The summed E-state index contributed by atoms with van der Waals surface area (Å²) >= 11 is 0. The summed E-state index contributed by atoms with van der Waals surface area (Å²) in [5, 5.41) is 0. The maximum atomic E-state index is 12.5. The van der Waals surface area contributed by atoms with Crippen molar-refractivity contribution in [2.45, 2.75) is 38.6 Å². The molecule has 0 aliphatic carbocycles. The van der Waals surface area contributed by atoms with Gasteiger partial charge in [0.15, 0.2) is 0 Å². The van der Waals surface area contributed by atoms with Crippen molar-refractivity contribution in [3.63, 3.8) is 0 Å². The summed E-state index contributed by atoms with van der Waals surface area (Å²) in [4.78, 5) is 16.9. The van der Waals surface area contributed by atoms with Gasteiger partial charge in [0.2, 0.25) is 5.91 Å². The molecule has 0 N–H and O–H groups in total. The van der Waals surface area contributed by atoms with E-state index in [1.807, 2.05) is 0 Å². The van der Waals surface area contributed by atoms with Crippen molar-refractivity contribution in [2.24, 2.45) is 0 Å². The lowest BCUT2D eigenvalue weighted by Gasteiger charge is -2.29. The van der Waals surface area contributed by atoms with E-state index in [1.54, 1.807) is 0 Å². The number of carbonyl (C=O) groups is 1. The minimum Gasteiger partial charge on any atom is -0.378 e. The predicted octanol–water partition coefficient (Wildman–Crippen LogP) is 2.47. The first-order valence-corrected chi connectivity index (χ1v) is 8.49. The normalized spacial score (nSPS) is 22.1. The van der Waals surface area contributed by atoms with Crippen molar-refractivity contribution in [3.05, 3.63) is 29.8 Å². The van der Waals surface area contributed by atoms with Crippen LogP contribution in [-0.4, -0.2) is 49.7 Å². The van der Waals surface area contributed by atoms with Gasteiger partial charge in [-0.2, -0.15) is 0 Å². The second-order valence-corrected chi connectivity index (χ2v) is 6.23. The third-order valence-corrected chi connectivity index (χ3v) is 4.84. The van der Waals surface area contributed by atoms with Gasteiger partial charge in [0.05, 0.1) is 19.6 Å². The maximum Gasteiger partial charge on any atom is 0.227 e. The van der Waals surface area contributed by atoms with Gasteiger partial charge in [0.1, 0.15) is 0 Å². The SMILES string of the molecule is CCC1CCCN1C(=O)Cc1ccc(N2CCOCC2)cc1. The van der Waals surface area contributed by atoms with E-state index < -0.39 is 0 Å². The smallest absolute Gasteiger partial charge is 0.227 e. The highest BCUT2D eigenvalue weighted by Crippen LogP contribution is 2.22. The fourth-order valence-corrected chi connectivity index (χ4v) is 3.51. The average molecular weight is 302 g/mol. The third-order valence-electron chi connectivity index (χ3n) is 4.84. The van der Waals surface area contributed by atoms with Crippen molar-refractivity contribution in [1.82, 2.24) is 4.90 Å². The summed E-state index contributed by atoms with van der Waals surface area (Å²) in [7, 11) is 0. The zero-order valence-corrected chi connectivity index (χ0v) is 13.5. The fourth-order valence-electron chi connectivity index (χ4n) is 3.51. The molecule has 1 aromatic rings. The number of hydrogen-bond donors (Lipinski definition) is 0. The van der Waals surface area contributed by atoms with Gasteiger partial charge in [-0.05, 0) is 37.0 Å². The molecule has 120 valence electrons. The molecule has 2 saturated heterocycles. The van der Waals surface area contributed by atoms with Crippen molar-refractivity contribution in [1.29, 1.82) is 0 Å². The molecule has 2 aliphatic heterocycles. The van der Waals surface area contributed by atoms with Gasteiger partial charge in [-0.15, -0.1) is 0 Å². The zero-order valence-electron chi connectivity index (χ0n) is 13.5. The van der Waals surface area contributed by atoms with Crippen LogP contribution in [0.1, 0.15) is 31.7 Å². The van der Waals surface area contributed by atoms with Crippen LogP contribution in [0.3, 0.4) is 0 Å². The molecule has 1 atom stereocenters. The Morgan fingerprint density at radius 1 is 1.18 bits per heavy atom. The largest absolute Gasteiger partial charge is 0.378 e. The lowest BCUT2D eigenvalue weighted by Crippen LogP contribution is -2.36. The highest BCUT2D eigenvalue weighted by molar-refractivity contribution is 5.79. The molecule has 2 heterocycles. The molecule has 2 aliphatic rings. The van der Waals surface area contributed by atoms with Gasteiger partial charge >= 0.3 is 0 Å². The molecule has 22 heavy (non-hydrogen) atoms. The van der Waals surface area contributed by atoms with Crippen LogP contribution in [0.15, 0.2) is 24.3 Å². The number of ether oxygens (including phenoxy) is 1. The number of morpholine rings is 1. The first kappa shape index (κ1) is 15.3. The Bertz CT molecular complexity index is 494. The number of hydrogen-bond acceptors (Lipinski definition) is 3. The van der Waals surface area contributed by atoms with Crippen LogP contribution in [-0.2, 0) is 16.0 Å². The second-order valence-electron chi connectivity index (χ2n) is 6.23. The van der Waals surface area contributed by atoms with Crippen LogP contribution in [0.25, 0.3) is 0 Å². The summed E-state index contributed by atoms with van der Waals surface area (Å²) in [5.41, 5.74) is 2.34. The molecule has 4 nitrogen and oxygen atoms in total. The molecule has 4 heteroatoms. The Balaban J connectivity index is 1.59. The topological polar surface area (TPSA) is 32.8 Å². The predicted molar refractivity (Wildman–Crippen MR) is 88.2 cm³/mol. The Labute approximate surface area is 133 Å². The number of benzene rings is 1. The Hall–Kier alpha value is -1.55. The van der Waals surface area contributed by atoms with E-state index in [-0.39, 0.29) is 5.91 Å². The number of amides is 1. The Kier molecular flexibility index (Phi) is 4.98. The number of anilines is 1. The van der Waals surface area contributed by atoms with Gasteiger partial charge in [-0.3, -0.25) is 4.79 Å². The Morgan fingerprint density at radius 3 is 2.59 bits per heavy atom. The van der Waals surface area contributed by atoms with Crippen LogP contribution in [0, 0.1) is 0 Å². The van der Waals surface area contributed by atoms with Gasteiger partial charge < -0.3 is 14.5 Å². The number of nitrogens with zero attached hydrogens (tertiary/aromatic N) is 2. The minimum absolute atomic E-state index is 0.281. The van der Waals surface area contributed by atoms with Gasteiger partial charge in [0, 0.05) is 31.4 Å². The van der Waals surface area contributed by atoms with Crippen molar-refractivity contribution in [2.75, 3.05) is 37.7 Å². The summed E-state index contributed by atoms with van der Waals surface area (Å²) in [5.74, 6) is 0.281. The van der Waals surface area contributed by atoms with Crippen LogP contribution < -0.4 is 4.90 Å². The highest BCUT2D eigenvalue weighted by atomic mass is 16.5. The van der Waals surface area contributed by atoms with E-state index in [9.17, 15) is 4.79 Å². The molecule has 1 unspecified atom stereocenters. The minimum atomic E-state index is 0.281. The van der Waals surface area contributed by atoms with Crippen LogP contribution >= 0.6 is 0 Å². The standard InChI is InChI=1S/C18H26N2O2/c1-2-16-4-3-9-20(16)18(21)14-15-5-7-17(8-6-15)19-10-12-22-13-11-19/h5-8,16H,2-4,9-14H2,1H3. The highest BCUT2D eigenvalue weighted by Gasteiger charge is 2.26. The lowest BCUT2D eigenvalue weighted by atomic mass is 10.1. The van der Waals surface area contributed by atoms with E-state index in [4.69, 9.17) is 4.74 Å².